The first-order chi connectivity index (χ1) is 7.29. The number of nitrogens with two attached hydrogens (primary N) is 1. The van der Waals surface area contributed by atoms with E-state index in [2.05, 4.69) is 40.6 Å². The number of nitrogens with zero attached hydrogens (tertiary/aromatic N) is 1. The molecule has 1 atom stereocenters. The van der Waals surface area contributed by atoms with Crippen LogP contribution in [0.25, 0.3) is 10.9 Å². The van der Waals surface area contributed by atoms with Crippen molar-refractivity contribution in [3.05, 3.63) is 30.0 Å². The summed E-state index contributed by atoms with van der Waals surface area (Å²) in [6.45, 7) is 3.58. The number of rotatable bonds is 4. The van der Waals surface area contributed by atoms with Crippen LogP contribution in [0.4, 0.5) is 0 Å². The quantitative estimate of drug-likeness (QED) is 0.696. The Hall–Kier alpha value is -1.39. The minimum Gasteiger partial charge on any atom is -0.329 e. The number of benzene rings is 1. The van der Waals surface area contributed by atoms with Crippen LogP contribution in [0.5, 0.6) is 0 Å². The number of aromatic nitrogens is 2. The van der Waals surface area contributed by atoms with Gasteiger partial charge in [-0.2, -0.15) is 5.10 Å². The maximum atomic E-state index is 5.53. The summed E-state index contributed by atoms with van der Waals surface area (Å²) in [7, 11) is 0. The van der Waals surface area contributed by atoms with E-state index in [-0.39, 0.29) is 0 Å². The molecule has 0 amide bonds. The highest BCUT2D eigenvalue weighted by molar-refractivity contribution is 5.78. The lowest BCUT2D eigenvalue weighted by molar-refractivity contribution is 0.556. The molecule has 0 aliphatic rings. The van der Waals surface area contributed by atoms with Crippen molar-refractivity contribution in [3.8, 4) is 0 Å². The van der Waals surface area contributed by atoms with Crippen molar-refractivity contribution in [1.82, 2.24) is 15.5 Å². The first-order valence-electron chi connectivity index (χ1n) is 5.15. The third-order valence-electron chi connectivity index (χ3n) is 2.51. The normalized spacial score (nSPS) is 13.2. The van der Waals surface area contributed by atoms with E-state index in [1.54, 1.807) is 0 Å². The molecule has 0 saturated carbocycles. The van der Waals surface area contributed by atoms with Crippen LogP contribution in [0.15, 0.2) is 24.4 Å². The highest BCUT2D eigenvalue weighted by atomic mass is 15.1. The first kappa shape index (κ1) is 10.1. The third kappa shape index (κ3) is 2.34. The van der Waals surface area contributed by atoms with Crippen molar-refractivity contribution < 1.29 is 0 Å². The number of aromatic amines is 1. The first-order valence-corrected chi connectivity index (χ1v) is 5.15. The molecular formula is C11H16N4. The zero-order chi connectivity index (χ0) is 10.7. The van der Waals surface area contributed by atoms with Gasteiger partial charge in [0.05, 0.1) is 11.7 Å². The molecule has 0 aliphatic heterocycles. The van der Waals surface area contributed by atoms with Crippen molar-refractivity contribution in [3.63, 3.8) is 0 Å². The van der Waals surface area contributed by atoms with Crippen molar-refractivity contribution in [1.29, 1.82) is 0 Å². The number of hydrogen-bond donors (Lipinski definition) is 3. The molecule has 4 heteroatoms. The van der Waals surface area contributed by atoms with Crippen molar-refractivity contribution in [2.75, 3.05) is 6.54 Å². The average Bonchev–Trinajstić information content (AvgIpc) is 2.72. The molecule has 2 aromatic rings. The zero-order valence-corrected chi connectivity index (χ0v) is 8.83. The maximum absolute atomic E-state index is 5.53. The van der Waals surface area contributed by atoms with Gasteiger partial charge in [0.1, 0.15) is 0 Å². The predicted molar refractivity (Wildman–Crippen MR) is 61.4 cm³/mol. The van der Waals surface area contributed by atoms with Crippen molar-refractivity contribution in [2.24, 2.45) is 5.73 Å². The topological polar surface area (TPSA) is 66.7 Å². The summed E-state index contributed by atoms with van der Waals surface area (Å²) >= 11 is 0. The average molecular weight is 204 g/mol. The molecule has 1 aromatic heterocycles. The molecule has 4 N–H and O–H groups in total. The SMILES string of the molecule is C[C@H](CN)NCc1ccc2cn[nH]c2c1. The molecule has 0 saturated heterocycles. The fourth-order valence-corrected chi connectivity index (χ4v) is 1.47. The number of nitrogens with one attached hydrogen (secondary N) is 2. The van der Waals surface area contributed by atoms with E-state index in [4.69, 9.17) is 5.73 Å². The van der Waals surface area contributed by atoms with E-state index in [1.165, 1.54) is 5.56 Å². The highest BCUT2D eigenvalue weighted by Crippen LogP contribution is 2.12. The van der Waals surface area contributed by atoms with Gasteiger partial charge in [0.25, 0.3) is 0 Å². The fourth-order valence-electron chi connectivity index (χ4n) is 1.47. The van der Waals surface area contributed by atoms with Crippen LogP contribution >= 0.6 is 0 Å². The molecule has 4 nitrogen and oxygen atoms in total. The Bertz CT molecular complexity index is 435. The van der Waals surface area contributed by atoms with Crippen molar-refractivity contribution in [2.45, 2.75) is 19.5 Å². The summed E-state index contributed by atoms with van der Waals surface area (Å²) < 4.78 is 0. The van der Waals surface area contributed by atoms with Gasteiger partial charge in [0, 0.05) is 24.5 Å². The van der Waals surface area contributed by atoms with E-state index in [1.807, 2.05) is 6.20 Å². The van der Waals surface area contributed by atoms with Gasteiger partial charge < -0.3 is 11.1 Å². The second-order valence-corrected chi connectivity index (χ2v) is 3.81. The lowest BCUT2D eigenvalue weighted by atomic mass is 10.1. The molecule has 15 heavy (non-hydrogen) atoms. The van der Waals surface area contributed by atoms with Crippen LogP contribution in [0.2, 0.25) is 0 Å². The molecule has 0 spiro atoms. The Morgan fingerprint density at radius 2 is 2.40 bits per heavy atom. The van der Waals surface area contributed by atoms with Gasteiger partial charge in [-0.25, -0.2) is 0 Å². The largest absolute Gasteiger partial charge is 0.329 e. The Balaban J connectivity index is 2.08. The maximum Gasteiger partial charge on any atom is 0.0653 e. The number of H-pyrrole nitrogens is 1. The van der Waals surface area contributed by atoms with Crippen LogP contribution < -0.4 is 11.1 Å². The van der Waals surface area contributed by atoms with Crippen LogP contribution in [-0.4, -0.2) is 22.8 Å². The third-order valence-corrected chi connectivity index (χ3v) is 2.51. The smallest absolute Gasteiger partial charge is 0.0653 e. The minimum absolute atomic E-state index is 0.350. The van der Waals surface area contributed by atoms with Crippen LogP contribution in [0, 0.1) is 0 Å². The van der Waals surface area contributed by atoms with Crippen LogP contribution in [-0.2, 0) is 6.54 Å². The summed E-state index contributed by atoms with van der Waals surface area (Å²) in [5.41, 5.74) is 7.85. The van der Waals surface area contributed by atoms with Gasteiger partial charge in [-0.3, -0.25) is 5.10 Å². The van der Waals surface area contributed by atoms with Gasteiger partial charge in [0.2, 0.25) is 0 Å². The van der Waals surface area contributed by atoms with Crippen LogP contribution in [0.3, 0.4) is 0 Å². The number of fused-ring (bicyclic) bond motifs is 1. The molecule has 80 valence electrons. The number of hydrogen-bond acceptors (Lipinski definition) is 3. The Kier molecular flexibility index (Phi) is 2.99. The second kappa shape index (κ2) is 4.42. The van der Waals surface area contributed by atoms with Gasteiger partial charge >= 0.3 is 0 Å². The highest BCUT2D eigenvalue weighted by Gasteiger charge is 2.00. The van der Waals surface area contributed by atoms with Crippen molar-refractivity contribution >= 4 is 10.9 Å². The minimum atomic E-state index is 0.350. The summed E-state index contributed by atoms with van der Waals surface area (Å²) in [6, 6.07) is 6.64. The molecule has 0 bridgehead atoms. The Morgan fingerprint density at radius 3 is 3.20 bits per heavy atom. The predicted octanol–water partition coefficient (Wildman–Crippen LogP) is 1.000. The van der Waals surface area contributed by atoms with Gasteiger partial charge in [-0.05, 0) is 18.6 Å². The van der Waals surface area contributed by atoms with E-state index in [0.717, 1.165) is 17.4 Å². The van der Waals surface area contributed by atoms with Crippen LogP contribution in [0.1, 0.15) is 12.5 Å². The Labute approximate surface area is 88.9 Å². The second-order valence-electron chi connectivity index (χ2n) is 3.81. The lowest BCUT2D eigenvalue weighted by Crippen LogP contribution is -2.32. The zero-order valence-electron chi connectivity index (χ0n) is 8.83. The summed E-state index contributed by atoms with van der Waals surface area (Å²) in [5.74, 6) is 0. The van der Waals surface area contributed by atoms with E-state index in [0.29, 0.717) is 12.6 Å². The summed E-state index contributed by atoms with van der Waals surface area (Å²) in [5, 5.41) is 11.4. The lowest BCUT2D eigenvalue weighted by Gasteiger charge is -2.10. The molecule has 2 rings (SSSR count). The standard InChI is InChI=1S/C11H16N4/c1-8(5-12)13-6-9-2-3-10-7-14-15-11(10)4-9/h2-4,7-8,13H,5-6,12H2,1H3,(H,14,15)/t8-/m1/s1. The molecule has 0 aliphatic carbocycles. The van der Waals surface area contributed by atoms with E-state index < -0.39 is 0 Å². The molecule has 0 unspecified atom stereocenters. The van der Waals surface area contributed by atoms with E-state index in [9.17, 15) is 0 Å². The molecule has 1 heterocycles. The molecule has 0 fully saturated rings. The molecular weight excluding hydrogens is 188 g/mol. The Morgan fingerprint density at radius 1 is 1.53 bits per heavy atom. The molecule has 1 aromatic carbocycles. The van der Waals surface area contributed by atoms with Gasteiger partial charge in [-0.1, -0.05) is 12.1 Å². The van der Waals surface area contributed by atoms with Gasteiger partial charge in [-0.15, -0.1) is 0 Å². The monoisotopic (exact) mass is 204 g/mol. The molecule has 0 radical (unpaired) electrons. The van der Waals surface area contributed by atoms with E-state index >= 15 is 0 Å². The fraction of sp³-hybridized carbons (Fsp3) is 0.364. The summed E-state index contributed by atoms with van der Waals surface area (Å²) in [4.78, 5) is 0. The van der Waals surface area contributed by atoms with Gasteiger partial charge in [0.15, 0.2) is 0 Å². The summed E-state index contributed by atoms with van der Waals surface area (Å²) in [6.07, 6.45) is 1.83.